The van der Waals surface area contributed by atoms with E-state index in [4.69, 9.17) is 0 Å². The van der Waals surface area contributed by atoms with Gasteiger partial charge in [-0.2, -0.15) is 0 Å². The molecule has 0 saturated carbocycles. The van der Waals surface area contributed by atoms with E-state index in [0.29, 0.717) is 30.4 Å². The van der Waals surface area contributed by atoms with Crippen molar-refractivity contribution in [3.8, 4) is 0 Å². The summed E-state index contributed by atoms with van der Waals surface area (Å²) in [6, 6.07) is 0. The Morgan fingerprint density at radius 1 is 1.56 bits per heavy atom. The van der Waals surface area contributed by atoms with E-state index in [2.05, 4.69) is 10.6 Å². The standard InChI is InChI=1S/C11H22N2O2S/c1-2-16(15)7-6-13-11(14)8-10-4-3-5-12-9-10/h10,12H,2-9H2,1H3,(H,13,14). The van der Waals surface area contributed by atoms with Crippen molar-refractivity contribution < 1.29 is 9.00 Å². The quantitative estimate of drug-likeness (QED) is 0.707. The fourth-order valence-corrected chi connectivity index (χ4v) is 2.50. The molecule has 1 fully saturated rings. The number of piperidine rings is 1. The molecule has 1 saturated heterocycles. The average molecular weight is 246 g/mol. The molecule has 0 bridgehead atoms. The van der Waals surface area contributed by atoms with Gasteiger partial charge in [-0.25, -0.2) is 0 Å². The molecule has 0 aliphatic carbocycles. The first-order chi connectivity index (χ1) is 7.72. The van der Waals surface area contributed by atoms with Gasteiger partial charge in [0.25, 0.3) is 0 Å². The van der Waals surface area contributed by atoms with Crippen molar-refractivity contribution in [2.24, 2.45) is 5.92 Å². The minimum absolute atomic E-state index is 0.0989. The van der Waals surface area contributed by atoms with Crippen LogP contribution in [-0.2, 0) is 15.6 Å². The Labute approximate surface area is 100 Å². The summed E-state index contributed by atoms with van der Waals surface area (Å²) in [6.07, 6.45) is 2.91. The number of hydrogen-bond donors (Lipinski definition) is 2. The highest BCUT2D eigenvalue weighted by molar-refractivity contribution is 7.84. The van der Waals surface area contributed by atoms with Crippen LogP contribution in [-0.4, -0.2) is 41.3 Å². The molecule has 94 valence electrons. The zero-order valence-electron chi connectivity index (χ0n) is 9.96. The van der Waals surface area contributed by atoms with Crippen LogP contribution in [0.2, 0.25) is 0 Å². The van der Waals surface area contributed by atoms with Crippen molar-refractivity contribution in [1.82, 2.24) is 10.6 Å². The lowest BCUT2D eigenvalue weighted by Gasteiger charge is -2.22. The summed E-state index contributed by atoms with van der Waals surface area (Å²) in [7, 11) is -0.777. The minimum atomic E-state index is -0.777. The maximum Gasteiger partial charge on any atom is 0.220 e. The Morgan fingerprint density at radius 2 is 2.38 bits per heavy atom. The molecular formula is C11H22N2O2S. The number of nitrogens with one attached hydrogen (secondary N) is 2. The fraction of sp³-hybridized carbons (Fsp3) is 0.909. The van der Waals surface area contributed by atoms with Crippen molar-refractivity contribution in [2.75, 3.05) is 31.1 Å². The minimum Gasteiger partial charge on any atom is -0.355 e. The van der Waals surface area contributed by atoms with E-state index in [-0.39, 0.29) is 5.91 Å². The number of carbonyl (C=O) groups excluding carboxylic acids is 1. The molecule has 2 atom stereocenters. The van der Waals surface area contributed by atoms with Crippen molar-refractivity contribution >= 4 is 16.7 Å². The smallest absolute Gasteiger partial charge is 0.220 e. The predicted octanol–water partition coefficient (Wildman–Crippen LogP) is 0.261. The van der Waals surface area contributed by atoms with Crippen LogP contribution in [0.25, 0.3) is 0 Å². The number of amides is 1. The molecule has 1 aliphatic rings. The SMILES string of the molecule is CCS(=O)CCNC(=O)CC1CCCNC1. The van der Waals surface area contributed by atoms with E-state index in [1.54, 1.807) is 0 Å². The molecule has 4 nitrogen and oxygen atoms in total. The number of carbonyl (C=O) groups is 1. The van der Waals surface area contributed by atoms with Gasteiger partial charge in [0.2, 0.25) is 5.91 Å². The second kappa shape index (κ2) is 7.79. The van der Waals surface area contributed by atoms with Gasteiger partial charge < -0.3 is 10.6 Å². The zero-order valence-corrected chi connectivity index (χ0v) is 10.8. The second-order valence-corrected chi connectivity index (χ2v) is 6.06. The third-order valence-electron chi connectivity index (χ3n) is 2.85. The maximum atomic E-state index is 11.5. The monoisotopic (exact) mass is 246 g/mol. The first kappa shape index (κ1) is 13.6. The summed E-state index contributed by atoms with van der Waals surface area (Å²) in [6.45, 7) is 4.47. The molecule has 0 spiro atoms. The Morgan fingerprint density at radius 3 is 3.00 bits per heavy atom. The number of rotatable bonds is 6. The first-order valence-corrected chi connectivity index (χ1v) is 7.53. The van der Waals surface area contributed by atoms with Crippen molar-refractivity contribution in [3.63, 3.8) is 0 Å². The van der Waals surface area contributed by atoms with Crippen molar-refractivity contribution in [2.45, 2.75) is 26.2 Å². The molecule has 0 aromatic carbocycles. The molecule has 1 heterocycles. The molecule has 0 aromatic heterocycles. The molecule has 0 radical (unpaired) electrons. The normalized spacial score (nSPS) is 22.7. The summed E-state index contributed by atoms with van der Waals surface area (Å²) in [5.41, 5.74) is 0. The van der Waals surface area contributed by atoms with Crippen LogP contribution >= 0.6 is 0 Å². The molecule has 1 aliphatic heterocycles. The molecule has 1 amide bonds. The van der Waals surface area contributed by atoms with Crippen molar-refractivity contribution in [3.05, 3.63) is 0 Å². The van der Waals surface area contributed by atoms with Crippen LogP contribution < -0.4 is 10.6 Å². The largest absolute Gasteiger partial charge is 0.355 e. The molecule has 1 rings (SSSR count). The van der Waals surface area contributed by atoms with E-state index in [1.807, 2.05) is 6.92 Å². The fourth-order valence-electron chi connectivity index (χ4n) is 1.88. The van der Waals surface area contributed by atoms with Gasteiger partial charge in [-0.05, 0) is 31.8 Å². The van der Waals surface area contributed by atoms with Gasteiger partial charge in [0.15, 0.2) is 0 Å². The topological polar surface area (TPSA) is 58.2 Å². The summed E-state index contributed by atoms with van der Waals surface area (Å²) < 4.78 is 11.1. The van der Waals surface area contributed by atoms with E-state index in [0.717, 1.165) is 25.9 Å². The van der Waals surface area contributed by atoms with Gasteiger partial charge in [-0.3, -0.25) is 9.00 Å². The second-order valence-electron chi connectivity index (χ2n) is 4.20. The summed E-state index contributed by atoms with van der Waals surface area (Å²) in [5.74, 6) is 1.82. The Kier molecular flexibility index (Phi) is 6.64. The maximum absolute atomic E-state index is 11.5. The lowest BCUT2D eigenvalue weighted by Crippen LogP contribution is -2.35. The lowest BCUT2D eigenvalue weighted by molar-refractivity contribution is -0.122. The molecular weight excluding hydrogens is 224 g/mol. The van der Waals surface area contributed by atoms with E-state index < -0.39 is 10.8 Å². The van der Waals surface area contributed by atoms with Crippen LogP contribution in [0.3, 0.4) is 0 Å². The van der Waals surface area contributed by atoms with Gasteiger partial charge >= 0.3 is 0 Å². The van der Waals surface area contributed by atoms with Gasteiger partial charge in [-0.1, -0.05) is 6.92 Å². The van der Waals surface area contributed by atoms with Crippen LogP contribution in [0.5, 0.6) is 0 Å². The summed E-state index contributed by atoms with van der Waals surface area (Å²) in [4.78, 5) is 11.5. The van der Waals surface area contributed by atoms with Crippen LogP contribution in [0.15, 0.2) is 0 Å². The zero-order chi connectivity index (χ0) is 11.8. The highest BCUT2D eigenvalue weighted by atomic mass is 32.2. The van der Waals surface area contributed by atoms with E-state index >= 15 is 0 Å². The Bertz CT molecular complexity index is 240. The number of hydrogen-bond acceptors (Lipinski definition) is 3. The highest BCUT2D eigenvalue weighted by Crippen LogP contribution is 2.13. The van der Waals surface area contributed by atoms with Crippen LogP contribution in [0.4, 0.5) is 0 Å². The molecule has 2 N–H and O–H groups in total. The summed E-state index contributed by atoms with van der Waals surface area (Å²) >= 11 is 0. The summed E-state index contributed by atoms with van der Waals surface area (Å²) in [5, 5.41) is 6.13. The Balaban J connectivity index is 2.08. The van der Waals surface area contributed by atoms with Crippen molar-refractivity contribution in [1.29, 1.82) is 0 Å². The average Bonchev–Trinajstić information content (AvgIpc) is 2.30. The van der Waals surface area contributed by atoms with Gasteiger partial charge in [0, 0.05) is 35.3 Å². The molecule has 5 heteroatoms. The van der Waals surface area contributed by atoms with Crippen LogP contribution in [0.1, 0.15) is 26.2 Å². The third-order valence-corrected chi connectivity index (χ3v) is 4.15. The van der Waals surface area contributed by atoms with E-state index in [9.17, 15) is 9.00 Å². The Hall–Kier alpha value is -0.420. The predicted molar refractivity (Wildman–Crippen MR) is 66.8 cm³/mol. The first-order valence-electron chi connectivity index (χ1n) is 6.04. The van der Waals surface area contributed by atoms with Gasteiger partial charge in [-0.15, -0.1) is 0 Å². The third kappa shape index (κ3) is 5.61. The highest BCUT2D eigenvalue weighted by Gasteiger charge is 2.16. The molecule has 16 heavy (non-hydrogen) atoms. The van der Waals surface area contributed by atoms with E-state index in [1.165, 1.54) is 0 Å². The van der Waals surface area contributed by atoms with Gasteiger partial charge in [0.05, 0.1) is 0 Å². The molecule has 2 unspecified atom stereocenters. The van der Waals surface area contributed by atoms with Gasteiger partial charge in [0.1, 0.15) is 0 Å². The van der Waals surface area contributed by atoms with Crippen LogP contribution in [0, 0.1) is 5.92 Å². The molecule has 0 aromatic rings. The lowest BCUT2D eigenvalue weighted by atomic mass is 9.96.